The van der Waals surface area contributed by atoms with Crippen LogP contribution in [-0.4, -0.2) is 60.6 Å². The van der Waals surface area contributed by atoms with Gasteiger partial charge < -0.3 is 25.8 Å². The molecule has 41 heavy (non-hydrogen) atoms. The number of pyridine rings is 2. The normalized spacial score (nSPS) is 27.1. The lowest BCUT2D eigenvalue weighted by Crippen LogP contribution is -2.36. The zero-order valence-corrected chi connectivity index (χ0v) is 22.8. The molecular weight excluding hydrogens is 530 g/mol. The zero-order valence-electron chi connectivity index (χ0n) is 26.8. The third kappa shape index (κ3) is 4.24. The van der Waals surface area contributed by atoms with Crippen molar-refractivity contribution in [3.8, 4) is 5.88 Å². The number of aryl methyl sites for hydroxylation is 1. The fourth-order valence-electron chi connectivity index (χ4n) is 5.74. The number of nitrogens with two attached hydrogens (primary N) is 1. The standard InChI is InChI=1S/C27H33N9O5/c1-5-41-23-17-8-9-20(32-22(17)36(33-23)27(24(28)37)12-14(27)2)31-21-11-18-19(13-29-21)34(3)26(39)35(18)16-7-6-15(10-16)30-25(38)40-4/h8-9,11,13-16H,5-7,10,12H2,1-4H3,(H2,28,37)(H,30,38)(H,29,31,32)/t14-,15+,16+,27-/m0/s1/i3D3,15D. The summed E-state index contributed by atoms with van der Waals surface area (Å²) in [4.78, 5) is 47.0. The Bertz CT molecular complexity index is 1900. The van der Waals surface area contributed by atoms with Crippen molar-refractivity contribution < 1.29 is 24.5 Å². The molecule has 216 valence electrons. The van der Waals surface area contributed by atoms with E-state index in [1.807, 2.05) is 13.8 Å². The minimum absolute atomic E-state index is 0.0464. The molecule has 14 nitrogen and oxygen atoms in total. The Hall–Kier alpha value is -4.62. The number of hydrogen-bond donors (Lipinski definition) is 3. The summed E-state index contributed by atoms with van der Waals surface area (Å²) in [7, 11) is 1.20. The van der Waals surface area contributed by atoms with Crippen LogP contribution < -0.4 is 26.8 Å². The summed E-state index contributed by atoms with van der Waals surface area (Å²) < 4.78 is 46.6. The zero-order chi connectivity index (χ0) is 32.5. The predicted molar refractivity (Wildman–Crippen MR) is 150 cm³/mol. The van der Waals surface area contributed by atoms with Crippen LogP contribution in [0.2, 0.25) is 0 Å². The summed E-state index contributed by atoms with van der Waals surface area (Å²) >= 11 is 0. The van der Waals surface area contributed by atoms with E-state index in [2.05, 4.69) is 25.5 Å². The van der Waals surface area contributed by atoms with Crippen molar-refractivity contribution in [2.75, 3.05) is 19.0 Å². The molecule has 4 aromatic heterocycles. The second-order valence-electron chi connectivity index (χ2n) is 10.4. The van der Waals surface area contributed by atoms with Crippen molar-refractivity contribution in [3.63, 3.8) is 0 Å². The van der Waals surface area contributed by atoms with Gasteiger partial charge in [0.1, 0.15) is 17.2 Å². The van der Waals surface area contributed by atoms with Gasteiger partial charge in [0, 0.05) is 29.2 Å². The first-order valence-electron chi connectivity index (χ1n) is 15.3. The molecule has 4 aromatic rings. The van der Waals surface area contributed by atoms with Gasteiger partial charge in [-0.15, -0.1) is 5.10 Å². The lowest BCUT2D eigenvalue weighted by Gasteiger charge is -2.15. The number of nitrogens with zero attached hydrogens (tertiary/aromatic N) is 6. The van der Waals surface area contributed by atoms with E-state index in [0.717, 1.165) is 0 Å². The third-order valence-electron chi connectivity index (χ3n) is 7.96. The maximum Gasteiger partial charge on any atom is 0.407 e. The summed E-state index contributed by atoms with van der Waals surface area (Å²) in [6.45, 7) is 1.29. The number of rotatable bonds is 8. The van der Waals surface area contributed by atoms with Crippen molar-refractivity contribution in [1.82, 2.24) is 34.2 Å². The van der Waals surface area contributed by atoms with Crippen LogP contribution in [0.5, 0.6) is 5.88 Å². The topological polar surface area (TPSA) is 173 Å². The molecule has 4 heterocycles. The molecule has 2 amide bonds. The van der Waals surface area contributed by atoms with Crippen LogP contribution in [0.25, 0.3) is 22.1 Å². The summed E-state index contributed by atoms with van der Waals surface area (Å²) in [6.07, 6.45) is 1.65. The minimum Gasteiger partial charge on any atom is -0.476 e. The highest BCUT2D eigenvalue weighted by Gasteiger charge is 2.60. The highest BCUT2D eigenvalue weighted by Crippen LogP contribution is 2.51. The molecule has 0 bridgehead atoms. The van der Waals surface area contributed by atoms with Gasteiger partial charge in [0.2, 0.25) is 11.8 Å². The van der Waals surface area contributed by atoms with Crippen molar-refractivity contribution >= 4 is 45.7 Å². The second-order valence-corrected chi connectivity index (χ2v) is 10.4. The average Bonchev–Trinajstić information content (AvgIpc) is 3.20. The number of nitrogens with one attached hydrogen (secondary N) is 2. The number of alkyl carbamates (subject to hydrolysis) is 1. The van der Waals surface area contributed by atoms with Gasteiger partial charge in [0.25, 0.3) is 0 Å². The van der Waals surface area contributed by atoms with E-state index in [4.69, 9.17) is 20.9 Å². The number of fused-ring (bicyclic) bond motifs is 2. The molecule has 0 radical (unpaired) electrons. The quantitative estimate of drug-likeness (QED) is 0.289. The Labute approximate surface area is 240 Å². The first-order valence-corrected chi connectivity index (χ1v) is 13.3. The molecule has 0 unspecified atom stereocenters. The molecule has 2 aliphatic rings. The van der Waals surface area contributed by atoms with Crippen molar-refractivity contribution in [1.29, 1.82) is 0 Å². The first-order chi connectivity index (χ1) is 21.2. The van der Waals surface area contributed by atoms with E-state index >= 15 is 0 Å². The molecule has 4 N–H and O–H groups in total. The smallest absolute Gasteiger partial charge is 0.407 e. The minimum atomic E-state index is -2.79. The average molecular weight is 568 g/mol. The van der Waals surface area contributed by atoms with Crippen LogP contribution in [0.15, 0.2) is 29.2 Å². The van der Waals surface area contributed by atoms with E-state index in [1.54, 1.807) is 18.2 Å². The number of amides is 2. The Kier molecular flexibility index (Phi) is 5.28. The van der Waals surface area contributed by atoms with Gasteiger partial charge in [0.05, 0.1) is 37.7 Å². The summed E-state index contributed by atoms with van der Waals surface area (Å²) in [5.41, 5.74) is 4.75. The summed E-state index contributed by atoms with van der Waals surface area (Å²) in [5, 5.41) is 10.7. The SMILES string of the molecule is [2H]C([2H])([2H])n1c(=O)n([C@@H]2CC[C@@]([2H])(NC(=O)OC)C2)c2cc(Nc3ccc4c(OCC)nn([C@@]5(C(N)=O)C[C@@H]5C)c4n3)ncc21. The van der Waals surface area contributed by atoms with Crippen LogP contribution in [0, 0.1) is 5.92 Å². The van der Waals surface area contributed by atoms with Gasteiger partial charge in [-0.2, -0.15) is 0 Å². The molecule has 2 saturated carbocycles. The number of primary amides is 1. The molecular formula is C27H33N9O5. The van der Waals surface area contributed by atoms with Gasteiger partial charge in [-0.3, -0.25) is 13.9 Å². The molecule has 6 rings (SSSR count). The number of imidazole rings is 1. The lowest BCUT2D eigenvalue weighted by atomic mass is 10.2. The van der Waals surface area contributed by atoms with E-state index in [0.29, 0.717) is 46.7 Å². The van der Waals surface area contributed by atoms with Crippen LogP contribution in [0.3, 0.4) is 0 Å². The fraction of sp³-hybridized carbons (Fsp3) is 0.481. The first kappa shape index (κ1) is 22.1. The summed E-state index contributed by atoms with van der Waals surface area (Å²) in [5.74, 6) is 0.356. The van der Waals surface area contributed by atoms with Gasteiger partial charge in [-0.05, 0) is 50.7 Å². The monoisotopic (exact) mass is 567 g/mol. The molecule has 0 aromatic carbocycles. The number of ether oxygens (including phenoxy) is 2. The Balaban J connectivity index is 1.41. The number of hydrogen-bond acceptors (Lipinski definition) is 9. The molecule has 2 fully saturated rings. The lowest BCUT2D eigenvalue weighted by molar-refractivity contribution is -0.123. The van der Waals surface area contributed by atoms with E-state index < -0.39 is 42.3 Å². The van der Waals surface area contributed by atoms with Crippen molar-refractivity contribution in [2.45, 2.75) is 57.1 Å². The van der Waals surface area contributed by atoms with Gasteiger partial charge in [0.15, 0.2) is 5.65 Å². The second kappa shape index (κ2) is 9.78. The number of carbonyl (C=O) groups is 2. The highest BCUT2D eigenvalue weighted by molar-refractivity contribution is 5.91. The maximum absolute atomic E-state index is 13.6. The van der Waals surface area contributed by atoms with Gasteiger partial charge in [-0.25, -0.2) is 24.2 Å². The molecule has 2 aliphatic carbocycles. The summed E-state index contributed by atoms with van der Waals surface area (Å²) in [6, 6.07) is 2.99. The number of carbonyl (C=O) groups excluding carboxylic acids is 2. The van der Waals surface area contributed by atoms with Gasteiger partial charge >= 0.3 is 11.8 Å². The number of aromatic nitrogens is 6. The third-order valence-corrected chi connectivity index (χ3v) is 7.96. The van der Waals surface area contributed by atoms with Crippen LogP contribution in [-0.2, 0) is 22.0 Å². The molecule has 0 saturated heterocycles. The molecule has 14 heteroatoms. The molecule has 0 aliphatic heterocycles. The largest absolute Gasteiger partial charge is 0.476 e. The van der Waals surface area contributed by atoms with E-state index in [-0.39, 0.29) is 35.6 Å². The Morgan fingerprint density at radius 3 is 2.78 bits per heavy atom. The number of anilines is 2. The van der Waals surface area contributed by atoms with Crippen LogP contribution >= 0.6 is 0 Å². The van der Waals surface area contributed by atoms with Crippen LogP contribution in [0.1, 0.15) is 51.1 Å². The van der Waals surface area contributed by atoms with E-state index in [9.17, 15) is 14.4 Å². The Morgan fingerprint density at radius 2 is 2.10 bits per heavy atom. The highest BCUT2D eigenvalue weighted by atomic mass is 16.5. The van der Waals surface area contributed by atoms with Crippen LogP contribution in [0.4, 0.5) is 16.4 Å². The number of methoxy groups -OCH3 is 1. The predicted octanol–water partition coefficient (Wildman–Crippen LogP) is 2.29. The van der Waals surface area contributed by atoms with Crippen molar-refractivity contribution in [3.05, 3.63) is 34.9 Å². The van der Waals surface area contributed by atoms with E-state index in [1.165, 1.54) is 22.6 Å². The fourth-order valence-corrected chi connectivity index (χ4v) is 5.74. The molecule has 4 atom stereocenters. The maximum atomic E-state index is 13.6. The van der Waals surface area contributed by atoms with Crippen molar-refractivity contribution in [2.24, 2.45) is 18.6 Å². The van der Waals surface area contributed by atoms with Gasteiger partial charge in [-0.1, -0.05) is 6.92 Å². The molecule has 0 spiro atoms. The Morgan fingerprint density at radius 1 is 1.29 bits per heavy atom.